The Morgan fingerprint density at radius 3 is 2.88 bits per heavy atom. The minimum atomic E-state index is 0.771. The molecule has 140 valence electrons. The van der Waals surface area contributed by atoms with Crippen LogP contribution in [0.25, 0.3) is 0 Å². The highest BCUT2D eigenvalue weighted by Crippen LogP contribution is 2.28. The molecule has 1 saturated carbocycles. The van der Waals surface area contributed by atoms with Gasteiger partial charge in [0, 0.05) is 18.7 Å². The average molecular weight is 372 g/mol. The topological polar surface area (TPSA) is 39.9 Å². The molecule has 0 bridgehead atoms. The van der Waals surface area contributed by atoms with Gasteiger partial charge in [-0.25, -0.2) is 0 Å². The Morgan fingerprint density at radius 2 is 2.12 bits per heavy atom. The van der Waals surface area contributed by atoms with Gasteiger partial charge in [0.2, 0.25) is 0 Å². The van der Waals surface area contributed by atoms with E-state index < -0.39 is 0 Å². The zero-order valence-electron chi connectivity index (χ0n) is 15.7. The monoisotopic (exact) mass is 371 g/mol. The van der Waals surface area contributed by atoms with Crippen molar-refractivity contribution in [1.29, 1.82) is 0 Å². The van der Waals surface area contributed by atoms with Crippen molar-refractivity contribution in [3.05, 3.63) is 48.3 Å². The van der Waals surface area contributed by atoms with Crippen LogP contribution in [0.15, 0.2) is 42.1 Å². The van der Waals surface area contributed by atoms with Crippen molar-refractivity contribution in [2.24, 2.45) is 5.92 Å². The normalized spacial score (nSPS) is 15.1. The van der Waals surface area contributed by atoms with Crippen molar-refractivity contribution >= 4 is 11.8 Å². The third-order valence-corrected chi connectivity index (χ3v) is 6.15. The fourth-order valence-corrected chi connectivity index (χ4v) is 4.55. The van der Waals surface area contributed by atoms with Crippen LogP contribution in [-0.2, 0) is 18.7 Å². The lowest BCUT2D eigenvalue weighted by Gasteiger charge is -2.21. The van der Waals surface area contributed by atoms with Crippen LogP contribution in [0.3, 0.4) is 0 Å². The number of nitrogens with zero attached hydrogens (tertiary/aromatic N) is 3. The van der Waals surface area contributed by atoms with Crippen molar-refractivity contribution in [3.8, 4) is 5.75 Å². The highest BCUT2D eigenvalue weighted by Gasteiger charge is 2.17. The molecule has 0 radical (unpaired) electrons. The number of allylic oxidation sites excluding steroid dienone is 1. The molecule has 1 heterocycles. The highest BCUT2D eigenvalue weighted by molar-refractivity contribution is 7.98. The van der Waals surface area contributed by atoms with Gasteiger partial charge >= 0.3 is 0 Å². The van der Waals surface area contributed by atoms with E-state index in [4.69, 9.17) is 4.74 Å². The number of aromatic nitrogens is 3. The van der Waals surface area contributed by atoms with Crippen LogP contribution in [-0.4, -0.2) is 21.9 Å². The molecule has 1 fully saturated rings. The molecule has 3 rings (SSSR count). The van der Waals surface area contributed by atoms with Crippen molar-refractivity contribution in [2.45, 2.75) is 62.4 Å². The lowest BCUT2D eigenvalue weighted by molar-refractivity contribution is 0.336. The summed E-state index contributed by atoms with van der Waals surface area (Å²) in [7, 11) is 1.70. The molecule has 0 aliphatic heterocycles. The first kappa shape index (κ1) is 19.0. The molecule has 1 aromatic carbocycles. The third-order valence-electron chi connectivity index (χ3n) is 5.11. The number of methoxy groups -OCH3 is 1. The quantitative estimate of drug-likeness (QED) is 0.444. The van der Waals surface area contributed by atoms with Gasteiger partial charge in [-0.3, -0.25) is 0 Å². The Hall–Kier alpha value is -1.75. The first-order valence-electron chi connectivity index (χ1n) is 9.59. The largest absolute Gasteiger partial charge is 0.497 e. The number of ether oxygens (including phenoxy) is 1. The van der Waals surface area contributed by atoms with Crippen LogP contribution in [0.4, 0.5) is 0 Å². The molecule has 5 heteroatoms. The molecule has 0 N–H and O–H groups in total. The third kappa shape index (κ3) is 5.13. The zero-order chi connectivity index (χ0) is 18.2. The summed E-state index contributed by atoms with van der Waals surface area (Å²) in [5.41, 5.74) is 1.23. The summed E-state index contributed by atoms with van der Waals surface area (Å²) in [6.45, 7) is 4.68. The molecular weight excluding hydrogens is 342 g/mol. The second-order valence-corrected chi connectivity index (χ2v) is 7.92. The second kappa shape index (κ2) is 9.81. The summed E-state index contributed by atoms with van der Waals surface area (Å²) in [6.07, 6.45) is 11.1. The Bertz CT molecular complexity index is 707. The van der Waals surface area contributed by atoms with E-state index >= 15 is 0 Å². The van der Waals surface area contributed by atoms with Gasteiger partial charge in [0.25, 0.3) is 0 Å². The van der Waals surface area contributed by atoms with E-state index in [0.29, 0.717) is 0 Å². The van der Waals surface area contributed by atoms with E-state index in [0.717, 1.165) is 41.4 Å². The van der Waals surface area contributed by atoms with Crippen LogP contribution in [0, 0.1) is 5.92 Å². The Balaban J connectivity index is 1.62. The van der Waals surface area contributed by atoms with Crippen molar-refractivity contribution in [1.82, 2.24) is 14.8 Å². The first-order chi connectivity index (χ1) is 12.8. The van der Waals surface area contributed by atoms with Crippen LogP contribution in [0.5, 0.6) is 5.75 Å². The van der Waals surface area contributed by atoms with Gasteiger partial charge in [0.15, 0.2) is 5.16 Å². The van der Waals surface area contributed by atoms with E-state index in [2.05, 4.69) is 33.5 Å². The first-order valence-corrected chi connectivity index (χ1v) is 10.6. The molecule has 26 heavy (non-hydrogen) atoms. The SMILES string of the molecule is C=CCn1c(CCC2CCCCC2)nnc1SCc1cccc(OC)c1. The minimum absolute atomic E-state index is 0.771. The molecule has 2 aromatic rings. The van der Waals surface area contributed by atoms with Gasteiger partial charge in [-0.15, -0.1) is 16.8 Å². The summed E-state index contributed by atoms with van der Waals surface area (Å²) in [5.74, 6) is 3.72. The summed E-state index contributed by atoms with van der Waals surface area (Å²) in [4.78, 5) is 0. The van der Waals surface area contributed by atoms with Gasteiger partial charge in [0.1, 0.15) is 11.6 Å². The molecule has 1 aliphatic rings. The highest BCUT2D eigenvalue weighted by atomic mass is 32.2. The molecule has 0 amide bonds. The van der Waals surface area contributed by atoms with Crippen molar-refractivity contribution in [2.75, 3.05) is 7.11 Å². The fourth-order valence-electron chi connectivity index (χ4n) is 3.64. The Kier molecular flexibility index (Phi) is 7.18. The van der Waals surface area contributed by atoms with Crippen molar-refractivity contribution < 1.29 is 4.74 Å². The molecule has 0 spiro atoms. The zero-order valence-corrected chi connectivity index (χ0v) is 16.5. The maximum atomic E-state index is 5.31. The standard InChI is InChI=1S/C21H29N3OS/c1-3-14-24-20(13-12-17-8-5-4-6-9-17)22-23-21(24)26-16-18-10-7-11-19(15-18)25-2/h3,7,10-11,15,17H,1,4-6,8-9,12-14,16H2,2H3. The van der Waals surface area contributed by atoms with Crippen LogP contribution in [0.2, 0.25) is 0 Å². The number of thioether (sulfide) groups is 1. The van der Waals surface area contributed by atoms with E-state index in [1.807, 2.05) is 18.2 Å². The number of rotatable bonds is 9. The summed E-state index contributed by atoms with van der Waals surface area (Å²) < 4.78 is 7.53. The molecule has 0 atom stereocenters. The lowest BCUT2D eigenvalue weighted by Crippen LogP contribution is -2.10. The molecule has 0 saturated heterocycles. The molecule has 4 nitrogen and oxygen atoms in total. The van der Waals surface area contributed by atoms with E-state index in [1.165, 1.54) is 44.1 Å². The molecule has 1 aromatic heterocycles. The van der Waals surface area contributed by atoms with Gasteiger partial charge in [-0.2, -0.15) is 0 Å². The average Bonchev–Trinajstić information content (AvgIpc) is 3.08. The molecule has 0 unspecified atom stereocenters. The summed E-state index contributed by atoms with van der Waals surface area (Å²) >= 11 is 1.73. The number of hydrogen-bond donors (Lipinski definition) is 0. The minimum Gasteiger partial charge on any atom is -0.497 e. The molecular formula is C21H29N3OS. The van der Waals surface area contributed by atoms with Gasteiger partial charge < -0.3 is 9.30 Å². The summed E-state index contributed by atoms with van der Waals surface area (Å²) in [6, 6.07) is 8.19. The van der Waals surface area contributed by atoms with E-state index in [9.17, 15) is 0 Å². The maximum Gasteiger partial charge on any atom is 0.191 e. The van der Waals surface area contributed by atoms with Crippen molar-refractivity contribution in [3.63, 3.8) is 0 Å². The van der Waals surface area contributed by atoms with Gasteiger partial charge in [0.05, 0.1) is 7.11 Å². The lowest BCUT2D eigenvalue weighted by atomic mass is 9.86. The predicted octanol–water partition coefficient (Wildman–Crippen LogP) is 5.28. The van der Waals surface area contributed by atoms with E-state index in [1.54, 1.807) is 18.9 Å². The Labute approximate surface area is 161 Å². The van der Waals surface area contributed by atoms with E-state index in [-0.39, 0.29) is 0 Å². The summed E-state index contributed by atoms with van der Waals surface area (Å²) in [5, 5.41) is 9.92. The van der Waals surface area contributed by atoms with Crippen LogP contribution in [0.1, 0.15) is 49.9 Å². The van der Waals surface area contributed by atoms with Gasteiger partial charge in [-0.05, 0) is 30.0 Å². The predicted molar refractivity (Wildman–Crippen MR) is 108 cm³/mol. The van der Waals surface area contributed by atoms with Crippen LogP contribution >= 0.6 is 11.8 Å². The van der Waals surface area contributed by atoms with Gasteiger partial charge in [-0.1, -0.05) is 62.1 Å². The maximum absolute atomic E-state index is 5.31. The number of benzene rings is 1. The van der Waals surface area contributed by atoms with Crippen LogP contribution < -0.4 is 4.74 Å². The Morgan fingerprint density at radius 1 is 1.27 bits per heavy atom. The smallest absolute Gasteiger partial charge is 0.191 e. The second-order valence-electron chi connectivity index (χ2n) is 6.98. The molecule has 1 aliphatic carbocycles. The fraction of sp³-hybridized carbons (Fsp3) is 0.524. The number of aryl methyl sites for hydroxylation is 1. The number of hydrogen-bond acceptors (Lipinski definition) is 4.